The predicted octanol–water partition coefficient (Wildman–Crippen LogP) is 2.74. The number of rotatable bonds is 4. The van der Waals surface area contributed by atoms with Gasteiger partial charge in [0.2, 0.25) is 0 Å². The zero-order valence-electron chi connectivity index (χ0n) is 8.97. The summed E-state index contributed by atoms with van der Waals surface area (Å²) in [6, 6.07) is 0. The van der Waals surface area contributed by atoms with E-state index < -0.39 is 0 Å². The van der Waals surface area contributed by atoms with Crippen LogP contribution in [0.1, 0.15) is 43.8 Å². The SMILES string of the molecule is CCc1nc(CNC2(C)CCC2)cs1. The molecule has 78 valence electrons. The second-order valence-corrected chi connectivity index (χ2v) is 5.30. The van der Waals surface area contributed by atoms with Crippen LogP contribution in [0.25, 0.3) is 0 Å². The standard InChI is InChI=1S/C11H18N2S/c1-3-10-13-9(8-14-10)7-12-11(2)5-4-6-11/h8,12H,3-7H2,1-2H3. The van der Waals surface area contributed by atoms with Crippen LogP contribution in [0.3, 0.4) is 0 Å². The van der Waals surface area contributed by atoms with Crippen molar-refractivity contribution in [3.8, 4) is 0 Å². The summed E-state index contributed by atoms with van der Waals surface area (Å²) < 4.78 is 0. The van der Waals surface area contributed by atoms with Crippen molar-refractivity contribution in [2.45, 2.75) is 51.6 Å². The van der Waals surface area contributed by atoms with Crippen molar-refractivity contribution in [2.24, 2.45) is 0 Å². The van der Waals surface area contributed by atoms with Gasteiger partial charge < -0.3 is 5.32 Å². The highest BCUT2D eigenvalue weighted by molar-refractivity contribution is 7.09. The highest BCUT2D eigenvalue weighted by atomic mass is 32.1. The van der Waals surface area contributed by atoms with Crippen molar-refractivity contribution in [3.05, 3.63) is 16.1 Å². The molecule has 1 aliphatic carbocycles. The zero-order chi connectivity index (χ0) is 10.0. The lowest BCUT2D eigenvalue weighted by Crippen LogP contribution is -2.47. The number of aromatic nitrogens is 1. The van der Waals surface area contributed by atoms with Crippen LogP contribution < -0.4 is 5.32 Å². The Labute approximate surface area is 89.8 Å². The van der Waals surface area contributed by atoms with Gasteiger partial charge >= 0.3 is 0 Å². The molecular formula is C11H18N2S. The normalized spacial score (nSPS) is 19.3. The van der Waals surface area contributed by atoms with Crippen molar-refractivity contribution >= 4 is 11.3 Å². The molecule has 0 radical (unpaired) electrons. The molecule has 1 aliphatic rings. The van der Waals surface area contributed by atoms with E-state index in [4.69, 9.17) is 0 Å². The van der Waals surface area contributed by atoms with Crippen LogP contribution in [0.4, 0.5) is 0 Å². The fourth-order valence-corrected chi connectivity index (χ4v) is 2.53. The molecule has 1 saturated carbocycles. The Hall–Kier alpha value is -0.410. The van der Waals surface area contributed by atoms with Gasteiger partial charge in [0.1, 0.15) is 0 Å². The number of hydrogen-bond donors (Lipinski definition) is 1. The zero-order valence-corrected chi connectivity index (χ0v) is 9.78. The van der Waals surface area contributed by atoms with E-state index >= 15 is 0 Å². The van der Waals surface area contributed by atoms with E-state index in [1.165, 1.54) is 30.0 Å². The van der Waals surface area contributed by atoms with E-state index in [1.54, 1.807) is 11.3 Å². The van der Waals surface area contributed by atoms with Crippen molar-refractivity contribution in [2.75, 3.05) is 0 Å². The van der Waals surface area contributed by atoms with Gasteiger partial charge in [0.15, 0.2) is 0 Å². The van der Waals surface area contributed by atoms with Crippen molar-refractivity contribution in [1.82, 2.24) is 10.3 Å². The molecule has 0 spiro atoms. The molecule has 0 saturated heterocycles. The second-order valence-electron chi connectivity index (χ2n) is 4.35. The Bertz CT molecular complexity index is 302. The first-order chi connectivity index (χ1) is 6.72. The second kappa shape index (κ2) is 3.99. The number of thiazole rings is 1. The maximum atomic E-state index is 4.55. The Morgan fingerprint density at radius 1 is 1.57 bits per heavy atom. The number of aryl methyl sites for hydroxylation is 1. The fraction of sp³-hybridized carbons (Fsp3) is 0.727. The van der Waals surface area contributed by atoms with E-state index in [0.717, 1.165) is 13.0 Å². The molecule has 1 aromatic rings. The van der Waals surface area contributed by atoms with Crippen LogP contribution in [-0.4, -0.2) is 10.5 Å². The van der Waals surface area contributed by atoms with Crippen LogP contribution in [0.2, 0.25) is 0 Å². The minimum atomic E-state index is 0.399. The average molecular weight is 210 g/mol. The molecule has 0 unspecified atom stereocenters. The van der Waals surface area contributed by atoms with E-state index in [-0.39, 0.29) is 0 Å². The first kappa shape index (κ1) is 10.1. The van der Waals surface area contributed by atoms with Crippen LogP contribution >= 0.6 is 11.3 Å². The Morgan fingerprint density at radius 3 is 2.86 bits per heavy atom. The molecule has 14 heavy (non-hydrogen) atoms. The first-order valence-corrected chi connectivity index (χ1v) is 6.28. The van der Waals surface area contributed by atoms with Crippen LogP contribution in [0.15, 0.2) is 5.38 Å². The number of nitrogens with zero attached hydrogens (tertiary/aromatic N) is 1. The maximum Gasteiger partial charge on any atom is 0.0926 e. The quantitative estimate of drug-likeness (QED) is 0.826. The smallest absolute Gasteiger partial charge is 0.0926 e. The van der Waals surface area contributed by atoms with Gasteiger partial charge in [-0.3, -0.25) is 0 Å². The molecule has 0 aliphatic heterocycles. The summed E-state index contributed by atoms with van der Waals surface area (Å²) in [5, 5.41) is 7.02. The summed E-state index contributed by atoms with van der Waals surface area (Å²) in [5.41, 5.74) is 1.61. The molecule has 2 nitrogen and oxygen atoms in total. The van der Waals surface area contributed by atoms with Gasteiger partial charge in [-0.1, -0.05) is 6.92 Å². The van der Waals surface area contributed by atoms with E-state index in [9.17, 15) is 0 Å². The lowest BCUT2D eigenvalue weighted by Gasteiger charge is -2.39. The van der Waals surface area contributed by atoms with Crippen molar-refractivity contribution in [3.63, 3.8) is 0 Å². The average Bonchev–Trinajstić information content (AvgIpc) is 2.59. The van der Waals surface area contributed by atoms with Crippen LogP contribution in [0, 0.1) is 0 Å². The minimum Gasteiger partial charge on any atom is -0.306 e. The first-order valence-electron chi connectivity index (χ1n) is 5.40. The molecule has 0 bridgehead atoms. The largest absolute Gasteiger partial charge is 0.306 e. The third-order valence-electron chi connectivity index (χ3n) is 3.06. The maximum absolute atomic E-state index is 4.55. The fourth-order valence-electron chi connectivity index (χ4n) is 1.78. The molecule has 1 aromatic heterocycles. The third kappa shape index (κ3) is 2.15. The molecular weight excluding hydrogens is 192 g/mol. The van der Waals surface area contributed by atoms with Gasteiger partial charge in [0.25, 0.3) is 0 Å². The summed E-state index contributed by atoms with van der Waals surface area (Å²) in [4.78, 5) is 4.55. The summed E-state index contributed by atoms with van der Waals surface area (Å²) in [7, 11) is 0. The lowest BCUT2D eigenvalue weighted by molar-refractivity contribution is 0.206. The van der Waals surface area contributed by atoms with E-state index in [1.807, 2.05) is 0 Å². The Balaban J connectivity index is 1.85. The molecule has 0 amide bonds. The summed E-state index contributed by atoms with van der Waals surface area (Å²) in [6.45, 7) is 5.40. The molecule has 2 rings (SSSR count). The van der Waals surface area contributed by atoms with E-state index in [2.05, 4.69) is 29.5 Å². The molecule has 3 heteroatoms. The topological polar surface area (TPSA) is 24.9 Å². The molecule has 1 heterocycles. The van der Waals surface area contributed by atoms with Crippen LogP contribution in [-0.2, 0) is 13.0 Å². The van der Waals surface area contributed by atoms with Crippen molar-refractivity contribution < 1.29 is 0 Å². The van der Waals surface area contributed by atoms with Crippen molar-refractivity contribution in [1.29, 1.82) is 0 Å². The highest BCUT2D eigenvalue weighted by Gasteiger charge is 2.30. The number of nitrogens with one attached hydrogen (secondary N) is 1. The molecule has 0 atom stereocenters. The Kier molecular flexibility index (Phi) is 2.88. The third-order valence-corrected chi connectivity index (χ3v) is 4.10. The van der Waals surface area contributed by atoms with Crippen LogP contribution in [0.5, 0.6) is 0 Å². The van der Waals surface area contributed by atoms with Gasteiger partial charge in [-0.25, -0.2) is 4.98 Å². The molecule has 1 N–H and O–H groups in total. The van der Waals surface area contributed by atoms with Gasteiger partial charge in [-0.05, 0) is 32.6 Å². The van der Waals surface area contributed by atoms with Gasteiger partial charge in [-0.15, -0.1) is 11.3 Å². The van der Waals surface area contributed by atoms with Gasteiger partial charge in [-0.2, -0.15) is 0 Å². The summed E-state index contributed by atoms with van der Waals surface area (Å²) in [5.74, 6) is 0. The lowest BCUT2D eigenvalue weighted by atomic mass is 9.78. The Morgan fingerprint density at radius 2 is 2.36 bits per heavy atom. The summed E-state index contributed by atoms with van der Waals surface area (Å²) >= 11 is 1.77. The number of hydrogen-bond acceptors (Lipinski definition) is 3. The van der Waals surface area contributed by atoms with Gasteiger partial charge in [0, 0.05) is 17.5 Å². The predicted molar refractivity (Wildman–Crippen MR) is 60.6 cm³/mol. The minimum absolute atomic E-state index is 0.399. The monoisotopic (exact) mass is 210 g/mol. The van der Waals surface area contributed by atoms with Gasteiger partial charge in [0.05, 0.1) is 10.7 Å². The van der Waals surface area contributed by atoms with E-state index in [0.29, 0.717) is 5.54 Å². The molecule has 1 fully saturated rings. The molecule has 0 aromatic carbocycles. The highest BCUT2D eigenvalue weighted by Crippen LogP contribution is 2.31. The summed E-state index contributed by atoms with van der Waals surface area (Å²) in [6.07, 6.45) is 5.07.